The van der Waals surface area contributed by atoms with Crippen molar-refractivity contribution in [2.45, 2.75) is 22.0 Å². The van der Waals surface area contributed by atoms with Crippen molar-refractivity contribution in [1.82, 2.24) is 0 Å². The number of carbonyl (C=O) groups is 2. The van der Waals surface area contributed by atoms with Crippen molar-refractivity contribution >= 4 is 47.5 Å². The molecular weight excluding hydrogens is 347 g/mol. The molecule has 1 unspecified atom stereocenters. The lowest BCUT2D eigenvalue weighted by atomic mass is 10.2. The molecule has 1 amide bonds. The number of fused-ring (bicyclic) bond motifs is 1. The average molecular weight is 364 g/mol. The van der Waals surface area contributed by atoms with Gasteiger partial charge in [0.15, 0.2) is 0 Å². The molecule has 0 aliphatic carbocycles. The lowest BCUT2D eigenvalue weighted by Crippen LogP contribution is -2.26. The Morgan fingerprint density at radius 1 is 1.25 bits per heavy atom. The van der Waals surface area contributed by atoms with Gasteiger partial charge in [-0.3, -0.25) is 9.59 Å². The Morgan fingerprint density at radius 2 is 1.96 bits per heavy atom. The van der Waals surface area contributed by atoms with Crippen LogP contribution in [0.2, 0.25) is 0 Å². The highest BCUT2D eigenvalue weighted by Gasteiger charge is 2.22. The van der Waals surface area contributed by atoms with Crippen LogP contribution in [0, 0.1) is 0 Å². The number of thioether (sulfide) groups is 1. The van der Waals surface area contributed by atoms with E-state index in [0.717, 1.165) is 22.6 Å². The molecular formula is C17H17FN2O2S2. The van der Waals surface area contributed by atoms with Crippen molar-refractivity contribution in [3.8, 4) is 0 Å². The van der Waals surface area contributed by atoms with E-state index in [-0.39, 0.29) is 23.3 Å². The molecule has 1 atom stereocenters. The number of hydrogen-bond donors (Lipinski definition) is 2. The lowest BCUT2D eigenvalue weighted by Gasteiger charge is -2.21. The van der Waals surface area contributed by atoms with Crippen molar-refractivity contribution in [2.75, 3.05) is 17.7 Å². The molecule has 0 fully saturated rings. The van der Waals surface area contributed by atoms with E-state index in [0.29, 0.717) is 10.5 Å². The minimum absolute atomic E-state index is 0.00875. The van der Waals surface area contributed by atoms with E-state index in [9.17, 15) is 13.5 Å². The molecule has 126 valence electrons. The van der Waals surface area contributed by atoms with E-state index in [1.54, 1.807) is 24.3 Å². The topological polar surface area (TPSA) is 58.2 Å². The normalized spacial score (nSPS) is 15.5. The van der Waals surface area contributed by atoms with E-state index in [1.807, 2.05) is 32.2 Å². The largest absolute Gasteiger partial charge is 0.388 e. The Kier molecular flexibility index (Phi) is 6.69. The maximum Gasteiger partial charge on any atom is 0.237 e. The second-order valence-electron chi connectivity index (χ2n) is 4.97. The van der Waals surface area contributed by atoms with E-state index in [1.165, 1.54) is 11.8 Å². The van der Waals surface area contributed by atoms with Crippen LogP contribution in [0.3, 0.4) is 0 Å². The number of carbonyl (C=O) groups excluding carboxylic acids is 2. The summed E-state index contributed by atoms with van der Waals surface area (Å²) in [7, 11) is 1.83. The Hall–Kier alpha value is -1.99. The maximum absolute atomic E-state index is 11.9. The molecule has 2 aromatic carbocycles. The zero-order chi connectivity index (χ0) is 17.5. The van der Waals surface area contributed by atoms with Crippen LogP contribution >= 0.6 is 23.9 Å². The molecule has 0 saturated heterocycles. The minimum Gasteiger partial charge on any atom is -0.388 e. The highest BCUT2D eigenvalue weighted by Crippen LogP contribution is 2.35. The highest BCUT2D eigenvalue weighted by atomic mass is 32.2. The number of hydrogen-bond acceptors (Lipinski definition) is 5. The van der Waals surface area contributed by atoms with Crippen LogP contribution in [0.15, 0.2) is 52.3 Å². The summed E-state index contributed by atoms with van der Waals surface area (Å²) in [6, 6.07) is 12.4. The van der Waals surface area contributed by atoms with Crippen molar-refractivity contribution in [1.29, 1.82) is 0 Å². The molecule has 1 aliphatic rings. The third kappa shape index (κ3) is 4.75. The molecule has 24 heavy (non-hydrogen) atoms. The van der Waals surface area contributed by atoms with Gasteiger partial charge >= 0.3 is 0 Å². The molecule has 4 nitrogen and oxygen atoms in total. The summed E-state index contributed by atoms with van der Waals surface area (Å²) in [6.45, 7) is 1.86. The van der Waals surface area contributed by atoms with Crippen LogP contribution in [0.4, 0.5) is 15.3 Å². The Balaban J connectivity index is 0.000000185. The first kappa shape index (κ1) is 18.4. The van der Waals surface area contributed by atoms with Gasteiger partial charge in [0.2, 0.25) is 5.91 Å². The van der Waals surface area contributed by atoms with Crippen LogP contribution < -0.4 is 10.6 Å². The predicted octanol–water partition coefficient (Wildman–Crippen LogP) is 4.64. The summed E-state index contributed by atoms with van der Waals surface area (Å²) in [5, 5.41) is 5.65. The maximum atomic E-state index is 11.9. The first-order valence-electron chi connectivity index (χ1n) is 7.20. The van der Waals surface area contributed by atoms with E-state index >= 15 is 0 Å². The van der Waals surface area contributed by atoms with Gasteiger partial charge in [-0.1, -0.05) is 6.07 Å². The monoisotopic (exact) mass is 364 g/mol. The summed E-state index contributed by atoms with van der Waals surface area (Å²) in [5.74, 6) is -0.00875. The third-order valence-corrected chi connectivity index (χ3v) is 4.93. The predicted molar refractivity (Wildman–Crippen MR) is 98.7 cm³/mol. The Labute approximate surface area is 148 Å². The minimum atomic E-state index is -0.0652. The fourth-order valence-corrected chi connectivity index (χ4v) is 3.14. The van der Waals surface area contributed by atoms with Gasteiger partial charge in [0.25, 0.3) is 0 Å². The van der Waals surface area contributed by atoms with Crippen LogP contribution in [0.1, 0.15) is 17.3 Å². The van der Waals surface area contributed by atoms with Crippen molar-refractivity contribution in [3.63, 3.8) is 0 Å². The van der Waals surface area contributed by atoms with Crippen molar-refractivity contribution < 1.29 is 13.5 Å². The summed E-state index contributed by atoms with van der Waals surface area (Å²) in [6.07, 6.45) is 0.773. The van der Waals surface area contributed by atoms with Gasteiger partial charge in [-0.05, 0) is 43.3 Å². The quantitative estimate of drug-likeness (QED) is 0.777. The fraction of sp³-hybridized carbons (Fsp3) is 0.176. The van der Waals surface area contributed by atoms with Crippen LogP contribution in [-0.4, -0.2) is 24.5 Å². The summed E-state index contributed by atoms with van der Waals surface area (Å²) in [4.78, 5) is 23.5. The number of anilines is 2. The van der Waals surface area contributed by atoms with E-state index < -0.39 is 0 Å². The summed E-state index contributed by atoms with van der Waals surface area (Å²) >= 11 is 1.77. The molecule has 2 aromatic rings. The zero-order valence-electron chi connectivity index (χ0n) is 13.2. The number of benzene rings is 2. The van der Waals surface area contributed by atoms with Gasteiger partial charge in [0.1, 0.15) is 6.29 Å². The first-order valence-corrected chi connectivity index (χ1v) is 8.80. The molecule has 0 spiro atoms. The Morgan fingerprint density at radius 3 is 2.54 bits per heavy atom. The lowest BCUT2D eigenvalue weighted by molar-refractivity contribution is -0.115. The molecule has 3 rings (SSSR count). The molecule has 7 heteroatoms. The van der Waals surface area contributed by atoms with E-state index in [4.69, 9.17) is 0 Å². The summed E-state index contributed by atoms with van der Waals surface area (Å²) < 4.78 is 11.9. The van der Waals surface area contributed by atoms with Gasteiger partial charge in [-0.2, -0.15) is 3.89 Å². The number of aldehydes is 1. The number of amides is 1. The first-order chi connectivity index (χ1) is 11.6. The van der Waals surface area contributed by atoms with Gasteiger partial charge in [-0.15, -0.1) is 11.8 Å². The van der Waals surface area contributed by atoms with Crippen LogP contribution in [0.25, 0.3) is 0 Å². The fourth-order valence-electron chi connectivity index (χ4n) is 1.97. The van der Waals surface area contributed by atoms with Gasteiger partial charge in [-0.25, -0.2) is 0 Å². The highest BCUT2D eigenvalue weighted by molar-refractivity contribution is 8.01. The number of halogens is 1. The molecule has 1 aliphatic heterocycles. The van der Waals surface area contributed by atoms with Crippen LogP contribution in [-0.2, 0) is 4.79 Å². The van der Waals surface area contributed by atoms with Gasteiger partial charge < -0.3 is 10.6 Å². The van der Waals surface area contributed by atoms with Crippen LogP contribution in [0.5, 0.6) is 0 Å². The third-order valence-electron chi connectivity index (χ3n) is 3.30. The SMILES string of the molecule is CC1Sc2ccc(C=O)cc2NC1=O.CNc1ccc(SF)cc1. The molecule has 1 heterocycles. The van der Waals surface area contributed by atoms with Gasteiger partial charge in [0.05, 0.1) is 23.1 Å². The molecule has 0 saturated carbocycles. The van der Waals surface area contributed by atoms with Crippen molar-refractivity contribution in [3.05, 3.63) is 48.0 Å². The van der Waals surface area contributed by atoms with E-state index in [2.05, 4.69) is 10.6 Å². The second kappa shape index (κ2) is 8.75. The molecule has 0 bridgehead atoms. The average Bonchev–Trinajstić information content (AvgIpc) is 2.63. The standard InChI is InChI=1S/C10H9NO2S.C7H8FNS/c1-6-10(13)11-8-4-7(5-12)2-3-9(8)14-6;1-9-6-2-4-7(10-8)5-3-6/h2-6H,1H3,(H,11,13);2-5,9H,1H3. The van der Waals surface area contributed by atoms with Crippen molar-refractivity contribution in [2.24, 2.45) is 0 Å². The second-order valence-corrected chi connectivity index (χ2v) is 6.98. The smallest absolute Gasteiger partial charge is 0.237 e. The number of nitrogens with one attached hydrogen (secondary N) is 2. The molecule has 2 N–H and O–H groups in total. The number of rotatable bonds is 3. The Bertz CT molecular complexity index is 700. The summed E-state index contributed by atoms with van der Waals surface area (Å²) in [5.41, 5.74) is 2.32. The molecule has 0 aromatic heterocycles. The zero-order valence-corrected chi connectivity index (χ0v) is 14.8. The van der Waals surface area contributed by atoms with Gasteiger partial charge in [0, 0.05) is 28.1 Å². The molecule has 0 radical (unpaired) electrons.